The van der Waals surface area contributed by atoms with Gasteiger partial charge < -0.3 is 14.0 Å². The number of benzene rings is 2. The molecular formula is C23H17N5O5S2. The maximum absolute atomic E-state index is 12.7. The Labute approximate surface area is 204 Å². The van der Waals surface area contributed by atoms with E-state index in [9.17, 15) is 18.5 Å². The highest BCUT2D eigenvalue weighted by Gasteiger charge is 2.19. The van der Waals surface area contributed by atoms with Crippen molar-refractivity contribution in [1.29, 1.82) is 5.26 Å². The minimum absolute atomic E-state index is 0.0122. The normalized spacial score (nSPS) is 13.1. The number of amides is 1. The third-order valence-corrected chi connectivity index (χ3v) is 7.73. The van der Waals surface area contributed by atoms with E-state index in [1.165, 1.54) is 6.08 Å². The number of hydrogen-bond donors (Lipinski definition) is 1. The van der Waals surface area contributed by atoms with Gasteiger partial charge in [-0.3, -0.25) is 10.1 Å². The Bertz CT molecular complexity index is 1650. The summed E-state index contributed by atoms with van der Waals surface area (Å²) in [6, 6.07) is 15.3. The average Bonchev–Trinajstić information content (AvgIpc) is 3.56. The van der Waals surface area contributed by atoms with Gasteiger partial charge >= 0.3 is 0 Å². The molecule has 35 heavy (non-hydrogen) atoms. The quantitative estimate of drug-likeness (QED) is 0.239. The van der Waals surface area contributed by atoms with Crippen LogP contribution in [-0.2, 0) is 21.2 Å². The molecule has 3 heterocycles. The fourth-order valence-corrected chi connectivity index (χ4v) is 5.14. The molecular weight excluding hydrogens is 490 g/mol. The first kappa shape index (κ1) is 22.6. The second-order valence-corrected chi connectivity index (χ2v) is 10.9. The van der Waals surface area contributed by atoms with Crippen molar-refractivity contribution in [1.82, 2.24) is 14.8 Å². The van der Waals surface area contributed by atoms with E-state index in [1.54, 1.807) is 0 Å². The molecule has 0 aliphatic carbocycles. The van der Waals surface area contributed by atoms with Gasteiger partial charge in [0.1, 0.15) is 11.6 Å². The lowest BCUT2D eigenvalue weighted by Gasteiger charge is -2.06. The van der Waals surface area contributed by atoms with Crippen LogP contribution in [0.5, 0.6) is 11.5 Å². The van der Waals surface area contributed by atoms with E-state index in [1.807, 2.05) is 59.3 Å². The van der Waals surface area contributed by atoms with Crippen molar-refractivity contribution in [3.63, 3.8) is 0 Å². The van der Waals surface area contributed by atoms with Crippen LogP contribution in [-0.4, -0.2) is 42.1 Å². The largest absolute Gasteiger partial charge is 0.454 e. The van der Waals surface area contributed by atoms with Gasteiger partial charge in [0.05, 0.1) is 0 Å². The van der Waals surface area contributed by atoms with Crippen molar-refractivity contribution in [2.45, 2.75) is 10.9 Å². The van der Waals surface area contributed by atoms with Gasteiger partial charge in [0, 0.05) is 35.5 Å². The molecule has 12 heteroatoms. The van der Waals surface area contributed by atoms with Crippen molar-refractivity contribution < 1.29 is 22.7 Å². The number of hydrogen-bond acceptors (Lipinski definition) is 9. The number of fused-ring (bicyclic) bond motifs is 2. The van der Waals surface area contributed by atoms with Crippen molar-refractivity contribution in [3.8, 4) is 17.6 Å². The number of carbonyl (C=O) groups excluding carboxylic acids is 1. The van der Waals surface area contributed by atoms with E-state index in [0.29, 0.717) is 34.9 Å². The van der Waals surface area contributed by atoms with Crippen LogP contribution < -0.4 is 14.8 Å². The number of nitrogens with one attached hydrogen (secondary N) is 1. The third-order valence-electron chi connectivity index (χ3n) is 5.22. The van der Waals surface area contributed by atoms with E-state index in [-0.39, 0.29) is 21.8 Å². The first-order valence-corrected chi connectivity index (χ1v) is 13.0. The highest BCUT2D eigenvalue weighted by atomic mass is 32.2. The minimum atomic E-state index is -3.55. The van der Waals surface area contributed by atoms with E-state index in [4.69, 9.17) is 9.47 Å². The number of nitriles is 1. The monoisotopic (exact) mass is 507 g/mol. The number of rotatable bonds is 6. The van der Waals surface area contributed by atoms with E-state index >= 15 is 0 Å². The van der Waals surface area contributed by atoms with Crippen LogP contribution in [0, 0.1) is 11.3 Å². The highest BCUT2D eigenvalue weighted by molar-refractivity contribution is 7.92. The van der Waals surface area contributed by atoms with E-state index in [0.717, 1.165) is 22.7 Å². The lowest BCUT2D eigenvalue weighted by molar-refractivity contribution is -0.112. The van der Waals surface area contributed by atoms with Crippen LogP contribution in [0.4, 0.5) is 5.13 Å². The molecule has 4 aromatic rings. The molecule has 0 unspecified atom stereocenters. The molecule has 0 fully saturated rings. The zero-order valence-corrected chi connectivity index (χ0v) is 19.9. The first-order valence-electron chi connectivity index (χ1n) is 10.2. The Morgan fingerprint density at radius 3 is 2.80 bits per heavy atom. The number of aromatic nitrogens is 3. The average molecular weight is 508 g/mol. The predicted molar refractivity (Wildman–Crippen MR) is 129 cm³/mol. The fraction of sp³-hybridized carbons (Fsp3) is 0.130. The number of para-hydroxylation sites is 1. The van der Waals surface area contributed by atoms with E-state index < -0.39 is 15.7 Å². The summed E-state index contributed by atoms with van der Waals surface area (Å²) in [5.41, 5.74) is 2.45. The second-order valence-electron chi connectivity index (χ2n) is 7.69. The summed E-state index contributed by atoms with van der Waals surface area (Å²) >= 11 is 0.717. The Kier molecular flexibility index (Phi) is 5.72. The molecule has 0 saturated carbocycles. The molecule has 0 radical (unpaired) electrons. The number of nitrogens with zero attached hydrogens (tertiary/aromatic N) is 4. The summed E-state index contributed by atoms with van der Waals surface area (Å²) < 4.78 is 35.8. The molecule has 1 amide bonds. The topological polar surface area (TPSA) is 136 Å². The lowest BCUT2D eigenvalue weighted by atomic mass is 10.1. The van der Waals surface area contributed by atoms with Gasteiger partial charge in [0.15, 0.2) is 11.5 Å². The molecule has 2 aromatic carbocycles. The molecule has 0 spiro atoms. The lowest BCUT2D eigenvalue weighted by Crippen LogP contribution is -2.13. The molecule has 0 bridgehead atoms. The zero-order valence-electron chi connectivity index (χ0n) is 18.3. The van der Waals surface area contributed by atoms with Crippen LogP contribution >= 0.6 is 11.3 Å². The Morgan fingerprint density at radius 1 is 1.23 bits per heavy atom. The van der Waals surface area contributed by atoms with Crippen LogP contribution in [0.3, 0.4) is 0 Å². The van der Waals surface area contributed by atoms with Gasteiger partial charge in [0.2, 0.25) is 26.1 Å². The molecule has 1 N–H and O–H groups in total. The predicted octanol–water partition coefficient (Wildman–Crippen LogP) is 3.22. The van der Waals surface area contributed by atoms with Crippen LogP contribution in [0.25, 0.3) is 17.0 Å². The molecule has 1 aliphatic rings. The highest BCUT2D eigenvalue weighted by Crippen LogP contribution is 2.33. The van der Waals surface area contributed by atoms with Crippen LogP contribution in [0.2, 0.25) is 0 Å². The van der Waals surface area contributed by atoms with Crippen molar-refractivity contribution in [2.75, 3.05) is 18.4 Å². The minimum Gasteiger partial charge on any atom is -0.454 e. The summed E-state index contributed by atoms with van der Waals surface area (Å²) in [6.45, 7) is 0.740. The molecule has 0 saturated heterocycles. The summed E-state index contributed by atoms with van der Waals surface area (Å²) in [5, 5.41) is 20.2. The Morgan fingerprint density at radius 2 is 2.03 bits per heavy atom. The maximum Gasteiger partial charge on any atom is 0.268 e. The molecule has 5 rings (SSSR count). The van der Waals surface area contributed by atoms with Crippen molar-refractivity contribution in [3.05, 3.63) is 65.4 Å². The van der Waals surface area contributed by atoms with Crippen molar-refractivity contribution in [2.24, 2.45) is 0 Å². The van der Waals surface area contributed by atoms with Gasteiger partial charge in [-0.1, -0.05) is 35.6 Å². The number of carbonyl (C=O) groups is 1. The SMILES string of the molecule is CS(=O)(=O)c1nnc(NC(=O)/C(C#N)=C\c2cn(Cc3ccc4c(c3)OCO4)c3ccccc23)s1. The van der Waals surface area contributed by atoms with Gasteiger partial charge in [0.25, 0.3) is 5.91 Å². The molecule has 0 atom stereocenters. The van der Waals surface area contributed by atoms with Crippen LogP contribution in [0.1, 0.15) is 11.1 Å². The standard InChI is InChI=1S/C23H17N5O5S2/c1-35(30,31)23-27-26-22(34-23)25-21(29)15(10-24)9-16-12-28(18-5-3-2-4-17(16)18)11-14-6-7-19-20(8-14)33-13-32-19/h2-9,12H,11,13H2,1H3,(H,25,26,29)/b15-9-. The van der Waals surface area contributed by atoms with Gasteiger partial charge in [-0.2, -0.15) is 5.26 Å². The van der Waals surface area contributed by atoms with Gasteiger partial charge in [-0.15, -0.1) is 10.2 Å². The smallest absolute Gasteiger partial charge is 0.268 e. The summed E-state index contributed by atoms with van der Waals surface area (Å²) in [7, 11) is -3.55. The molecule has 2 aromatic heterocycles. The third kappa shape index (κ3) is 4.59. The number of ether oxygens (including phenoxy) is 2. The van der Waals surface area contributed by atoms with E-state index in [2.05, 4.69) is 15.5 Å². The van der Waals surface area contributed by atoms with Crippen molar-refractivity contribution >= 4 is 49.2 Å². The van der Waals surface area contributed by atoms with Crippen LogP contribution in [0.15, 0.2) is 58.6 Å². The maximum atomic E-state index is 12.7. The summed E-state index contributed by atoms with van der Waals surface area (Å²) in [6.07, 6.45) is 4.36. The first-order chi connectivity index (χ1) is 16.8. The number of sulfone groups is 1. The van der Waals surface area contributed by atoms with Gasteiger partial charge in [-0.05, 0) is 29.8 Å². The van der Waals surface area contributed by atoms with Gasteiger partial charge in [-0.25, -0.2) is 8.42 Å². The molecule has 10 nitrogen and oxygen atoms in total. The Balaban J connectivity index is 1.44. The zero-order chi connectivity index (χ0) is 24.6. The molecule has 176 valence electrons. The second kappa shape index (κ2) is 8.86. The Hall–Kier alpha value is -4.21. The fourth-order valence-electron chi connectivity index (χ4n) is 3.64. The summed E-state index contributed by atoms with van der Waals surface area (Å²) in [4.78, 5) is 12.7. The molecule has 1 aliphatic heterocycles. The number of anilines is 1. The summed E-state index contributed by atoms with van der Waals surface area (Å²) in [5.74, 6) is 0.688.